The molecule has 0 aromatic heterocycles. The van der Waals surface area contributed by atoms with Crippen LogP contribution in [0.5, 0.6) is 17.2 Å². The fourth-order valence-corrected chi connectivity index (χ4v) is 3.00. The molecule has 2 aromatic rings. The first-order valence-corrected chi connectivity index (χ1v) is 7.18. The maximum absolute atomic E-state index is 9.91. The highest BCUT2D eigenvalue weighted by atomic mass is 16.5. The lowest BCUT2D eigenvalue weighted by Crippen LogP contribution is -2.87. The van der Waals surface area contributed by atoms with Gasteiger partial charge in [0.2, 0.25) is 0 Å². The highest BCUT2D eigenvalue weighted by Crippen LogP contribution is 2.33. The number of benzene rings is 2. The number of hydrogen-bond acceptors (Lipinski definition) is 3. The van der Waals surface area contributed by atoms with Gasteiger partial charge in [-0.05, 0) is 35.4 Å². The molecule has 3 rings (SSSR count). The van der Waals surface area contributed by atoms with Crippen LogP contribution in [0.1, 0.15) is 22.7 Å². The molecule has 0 aliphatic carbocycles. The number of methoxy groups -OCH3 is 1. The lowest BCUT2D eigenvalue weighted by molar-refractivity contribution is -0.698. The van der Waals surface area contributed by atoms with Gasteiger partial charge in [-0.15, -0.1) is 0 Å². The minimum absolute atomic E-state index is 0.210. The largest absolute Gasteiger partial charge is 0.508 e. The first kappa shape index (κ1) is 13.8. The Morgan fingerprint density at radius 2 is 1.95 bits per heavy atom. The summed E-state index contributed by atoms with van der Waals surface area (Å²) in [5.74, 6) is 1.03. The molecule has 0 saturated heterocycles. The van der Waals surface area contributed by atoms with Crippen LogP contribution >= 0.6 is 0 Å². The molecule has 0 bridgehead atoms. The molecule has 0 radical (unpaired) electrons. The maximum Gasteiger partial charge on any atom is 0.161 e. The summed E-state index contributed by atoms with van der Waals surface area (Å²) >= 11 is 0. The third kappa shape index (κ3) is 2.81. The number of nitrogens with two attached hydrogens (primary N) is 1. The number of fused-ring (bicyclic) bond motifs is 1. The van der Waals surface area contributed by atoms with E-state index in [0.717, 1.165) is 19.4 Å². The second-order valence-electron chi connectivity index (χ2n) is 5.47. The monoisotopic (exact) mass is 286 g/mol. The van der Waals surface area contributed by atoms with Crippen molar-refractivity contribution >= 4 is 0 Å². The zero-order valence-corrected chi connectivity index (χ0v) is 12.0. The Balaban J connectivity index is 1.90. The van der Waals surface area contributed by atoms with Crippen molar-refractivity contribution < 1.29 is 20.3 Å². The summed E-state index contributed by atoms with van der Waals surface area (Å²) in [6.07, 6.45) is 1.85. The Morgan fingerprint density at radius 1 is 1.19 bits per heavy atom. The van der Waals surface area contributed by atoms with E-state index in [0.29, 0.717) is 17.5 Å². The number of rotatable bonds is 3. The van der Waals surface area contributed by atoms with Crippen molar-refractivity contribution in [2.75, 3.05) is 13.7 Å². The van der Waals surface area contributed by atoms with Crippen molar-refractivity contribution in [3.05, 3.63) is 53.1 Å². The molecule has 4 heteroatoms. The zero-order chi connectivity index (χ0) is 14.8. The summed E-state index contributed by atoms with van der Waals surface area (Å²) in [4.78, 5) is 0. The number of hydrogen-bond donors (Lipinski definition) is 3. The van der Waals surface area contributed by atoms with Crippen LogP contribution < -0.4 is 10.1 Å². The Kier molecular flexibility index (Phi) is 3.71. The Labute approximate surface area is 124 Å². The minimum Gasteiger partial charge on any atom is -0.508 e. The molecule has 0 spiro atoms. The van der Waals surface area contributed by atoms with E-state index in [4.69, 9.17) is 4.74 Å². The van der Waals surface area contributed by atoms with Gasteiger partial charge in [0, 0.05) is 18.4 Å². The van der Waals surface area contributed by atoms with Crippen LogP contribution in [0.2, 0.25) is 0 Å². The van der Waals surface area contributed by atoms with E-state index in [1.54, 1.807) is 19.2 Å². The zero-order valence-electron chi connectivity index (χ0n) is 12.0. The second kappa shape index (κ2) is 5.66. The van der Waals surface area contributed by atoms with Gasteiger partial charge in [0.1, 0.15) is 11.8 Å². The van der Waals surface area contributed by atoms with Gasteiger partial charge < -0.3 is 20.3 Å². The fraction of sp³-hybridized carbons (Fsp3) is 0.294. The lowest BCUT2D eigenvalue weighted by atomic mass is 9.90. The molecule has 1 atom stereocenters. The highest BCUT2D eigenvalue weighted by Gasteiger charge is 2.25. The van der Waals surface area contributed by atoms with Gasteiger partial charge in [-0.2, -0.15) is 0 Å². The summed E-state index contributed by atoms with van der Waals surface area (Å²) in [6.45, 7) is 1.02. The van der Waals surface area contributed by atoms with Crippen molar-refractivity contribution in [2.45, 2.75) is 18.9 Å². The van der Waals surface area contributed by atoms with Gasteiger partial charge in [0.25, 0.3) is 0 Å². The lowest BCUT2D eigenvalue weighted by Gasteiger charge is -2.25. The molecule has 110 valence electrons. The van der Waals surface area contributed by atoms with E-state index in [1.165, 1.54) is 16.7 Å². The van der Waals surface area contributed by atoms with E-state index in [2.05, 4.69) is 5.32 Å². The molecule has 0 fully saturated rings. The van der Waals surface area contributed by atoms with Crippen molar-refractivity contribution in [3.63, 3.8) is 0 Å². The van der Waals surface area contributed by atoms with Crippen LogP contribution in [0, 0.1) is 0 Å². The topological polar surface area (TPSA) is 66.3 Å². The predicted octanol–water partition coefficient (Wildman–Crippen LogP) is 1.51. The number of phenolic OH excluding ortho intramolecular Hbond substituents is 2. The van der Waals surface area contributed by atoms with Crippen LogP contribution in [0.25, 0.3) is 0 Å². The average Bonchev–Trinajstić information content (AvgIpc) is 2.49. The SMILES string of the molecule is COc1cc2c(cc1O)CC[NH2+]C2Cc1ccc(O)cc1. The summed E-state index contributed by atoms with van der Waals surface area (Å²) < 4.78 is 5.23. The third-order valence-corrected chi connectivity index (χ3v) is 4.10. The van der Waals surface area contributed by atoms with E-state index in [9.17, 15) is 10.2 Å². The molecule has 4 N–H and O–H groups in total. The predicted molar refractivity (Wildman–Crippen MR) is 79.7 cm³/mol. The summed E-state index contributed by atoms with van der Waals surface area (Å²) in [5, 5.41) is 21.6. The van der Waals surface area contributed by atoms with E-state index in [-0.39, 0.29) is 5.75 Å². The van der Waals surface area contributed by atoms with Gasteiger partial charge >= 0.3 is 0 Å². The average molecular weight is 286 g/mol. The number of phenols is 2. The molecule has 21 heavy (non-hydrogen) atoms. The van der Waals surface area contributed by atoms with E-state index in [1.807, 2.05) is 24.3 Å². The summed E-state index contributed by atoms with van der Waals surface area (Å²) in [6, 6.07) is 11.4. The third-order valence-electron chi connectivity index (χ3n) is 4.10. The summed E-state index contributed by atoms with van der Waals surface area (Å²) in [7, 11) is 1.57. The molecular formula is C17H20NO3+. The molecule has 1 aliphatic heterocycles. The van der Waals surface area contributed by atoms with E-state index >= 15 is 0 Å². The number of ether oxygens (including phenoxy) is 1. The second-order valence-corrected chi connectivity index (χ2v) is 5.47. The smallest absolute Gasteiger partial charge is 0.161 e. The molecule has 0 amide bonds. The van der Waals surface area contributed by atoms with Crippen molar-refractivity contribution in [2.24, 2.45) is 0 Å². The summed E-state index contributed by atoms with van der Waals surface area (Å²) in [5.41, 5.74) is 3.61. The fourth-order valence-electron chi connectivity index (χ4n) is 3.00. The van der Waals surface area contributed by atoms with Crippen LogP contribution in [-0.4, -0.2) is 23.9 Å². The number of aromatic hydroxyl groups is 2. The molecule has 1 aliphatic rings. The molecule has 2 aromatic carbocycles. The molecular weight excluding hydrogens is 266 g/mol. The van der Waals surface area contributed by atoms with Crippen LogP contribution in [-0.2, 0) is 12.8 Å². The molecule has 4 nitrogen and oxygen atoms in total. The Hall–Kier alpha value is -2.20. The van der Waals surface area contributed by atoms with Crippen LogP contribution in [0.3, 0.4) is 0 Å². The molecule has 1 unspecified atom stereocenters. The highest BCUT2D eigenvalue weighted by molar-refractivity contribution is 5.48. The first-order chi connectivity index (χ1) is 10.2. The standard InChI is InChI=1S/C17H19NO3/c1-21-17-10-14-12(9-16(17)20)6-7-18-15(14)8-11-2-4-13(19)5-3-11/h2-5,9-10,15,18-20H,6-8H2,1H3/p+1. The van der Waals surface area contributed by atoms with Crippen molar-refractivity contribution in [1.29, 1.82) is 0 Å². The Bertz CT molecular complexity index is 637. The van der Waals surface area contributed by atoms with Gasteiger partial charge in [0.05, 0.1) is 13.7 Å². The van der Waals surface area contributed by atoms with Gasteiger partial charge in [-0.3, -0.25) is 0 Å². The quantitative estimate of drug-likeness (QED) is 0.801. The van der Waals surface area contributed by atoms with Gasteiger partial charge in [0.15, 0.2) is 11.5 Å². The van der Waals surface area contributed by atoms with Crippen molar-refractivity contribution in [1.82, 2.24) is 0 Å². The molecule has 1 heterocycles. The van der Waals surface area contributed by atoms with Gasteiger partial charge in [-0.1, -0.05) is 12.1 Å². The number of quaternary nitrogens is 1. The maximum atomic E-state index is 9.91. The minimum atomic E-state index is 0.210. The van der Waals surface area contributed by atoms with E-state index < -0.39 is 0 Å². The molecule has 0 saturated carbocycles. The van der Waals surface area contributed by atoms with Crippen LogP contribution in [0.15, 0.2) is 36.4 Å². The van der Waals surface area contributed by atoms with Crippen molar-refractivity contribution in [3.8, 4) is 17.2 Å². The Morgan fingerprint density at radius 3 is 2.67 bits per heavy atom. The van der Waals surface area contributed by atoms with Crippen LogP contribution in [0.4, 0.5) is 0 Å². The van der Waals surface area contributed by atoms with Gasteiger partial charge in [-0.25, -0.2) is 0 Å². The normalized spacial score (nSPS) is 17.3. The first-order valence-electron chi connectivity index (χ1n) is 7.18.